The smallest absolute Gasteiger partial charge is 0.261 e. The second-order valence-electron chi connectivity index (χ2n) is 8.10. The standard InChI is InChI=1S/C21H25N3O2S/c25-20-7-3-5-16-14-8-15(11-22-10-14)17(24(16)20)12-23-21(26)19-9-13-4-1-2-6-18(13)27-19/h1-2,4,6,9,14-17,22H,3,5,7-8,10-12H2,(H,23,26)/t14-,15+,16+,17+/m1/s1. The quantitative estimate of drug-likeness (QED) is 0.857. The van der Waals surface area contributed by atoms with Crippen LogP contribution in [0.3, 0.4) is 0 Å². The number of thiophene rings is 1. The van der Waals surface area contributed by atoms with Gasteiger partial charge in [0.2, 0.25) is 5.91 Å². The van der Waals surface area contributed by atoms with Crippen molar-refractivity contribution in [3.63, 3.8) is 0 Å². The first-order valence-corrected chi connectivity index (χ1v) is 10.8. The van der Waals surface area contributed by atoms with Gasteiger partial charge in [-0.1, -0.05) is 18.2 Å². The summed E-state index contributed by atoms with van der Waals surface area (Å²) in [6.07, 6.45) is 3.93. The highest BCUT2D eigenvalue weighted by Crippen LogP contribution is 2.39. The van der Waals surface area contributed by atoms with Gasteiger partial charge in [-0.25, -0.2) is 0 Å². The van der Waals surface area contributed by atoms with E-state index < -0.39 is 0 Å². The summed E-state index contributed by atoms with van der Waals surface area (Å²) < 4.78 is 1.13. The normalized spacial score (nSPS) is 30.2. The Balaban J connectivity index is 1.33. The van der Waals surface area contributed by atoms with Crippen molar-refractivity contribution in [2.24, 2.45) is 11.8 Å². The van der Waals surface area contributed by atoms with Crippen LogP contribution in [0.2, 0.25) is 0 Å². The average molecular weight is 384 g/mol. The van der Waals surface area contributed by atoms with E-state index in [0.29, 0.717) is 30.8 Å². The van der Waals surface area contributed by atoms with Crippen molar-refractivity contribution in [1.29, 1.82) is 0 Å². The zero-order valence-electron chi connectivity index (χ0n) is 15.3. The lowest BCUT2D eigenvalue weighted by Gasteiger charge is -2.54. The molecule has 0 unspecified atom stereocenters. The number of carbonyl (C=O) groups is 2. The molecule has 2 amide bonds. The largest absolute Gasteiger partial charge is 0.349 e. The molecular formula is C21H25N3O2S. The second-order valence-corrected chi connectivity index (χ2v) is 9.18. The minimum atomic E-state index is -0.0249. The second kappa shape index (κ2) is 6.91. The van der Waals surface area contributed by atoms with Crippen LogP contribution in [0.1, 0.15) is 35.4 Å². The highest BCUT2D eigenvalue weighted by Gasteiger charge is 2.47. The molecule has 4 atom stereocenters. The molecule has 142 valence electrons. The summed E-state index contributed by atoms with van der Waals surface area (Å²) in [7, 11) is 0. The van der Waals surface area contributed by atoms with Gasteiger partial charge in [0.1, 0.15) is 0 Å². The van der Waals surface area contributed by atoms with Gasteiger partial charge in [0.25, 0.3) is 5.91 Å². The molecule has 0 saturated carbocycles. The number of piperidine rings is 3. The predicted molar refractivity (Wildman–Crippen MR) is 107 cm³/mol. The maximum absolute atomic E-state index is 12.8. The van der Waals surface area contributed by atoms with Crippen molar-refractivity contribution in [3.8, 4) is 0 Å². The molecule has 0 radical (unpaired) electrons. The van der Waals surface area contributed by atoms with Crippen LogP contribution >= 0.6 is 11.3 Å². The lowest BCUT2D eigenvalue weighted by Crippen LogP contribution is -2.66. The van der Waals surface area contributed by atoms with E-state index in [-0.39, 0.29) is 17.9 Å². The summed E-state index contributed by atoms with van der Waals surface area (Å²) in [4.78, 5) is 28.3. The molecule has 5 nitrogen and oxygen atoms in total. The van der Waals surface area contributed by atoms with Gasteiger partial charge in [0.05, 0.1) is 10.9 Å². The van der Waals surface area contributed by atoms with Crippen molar-refractivity contribution >= 4 is 33.2 Å². The summed E-state index contributed by atoms with van der Waals surface area (Å²) in [5, 5.41) is 7.80. The molecule has 6 heteroatoms. The highest BCUT2D eigenvalue weighted by atomic mass is 32.1. The van der Waals surface area contributed by atoms with Crippen molar-refractivity contribution in [2.75, 3.05) is 19.6 Å². The molecule has 0 aliphatic carbocycles. The van der Waals surface area contributed by atoms with Gasteiger partial charge >= 0.3 is 0 Å². The lowest BCUT2D eigenvalue weighted by atomic mass is 9.72. The van der Waals surface area contributed by atoms with E-state index in [2.05, 4.69) is 15.5 Å². The molecule has 2 bridgehead atoms. The van der Waals surface area contributed by atoms with Crippen molar-refractivity contribution in [2.45, 2.75) is 37.8 Å². The van der Waals surface area contributed by atoms with Crippen LogP contribution in [-0.2, 0) is 4.79 Å². The monoisotopic (exact) mass is 383 g/mol. The van der Waals surface area contributed by atoms with Crippen LogP contribution in [0, 0.1) is 11.8 Å². The fourth-order valence-electron chi connectivity index (χ4n) is 5.28. The zero-order valence-corrected chi connectivity index (χ0v) is 16.1. The van der Waals surface area contributed by atoms with E-state index in [1.807, 2.05) is 30.3 Å². The molecule has 3 fully saturated rings. The van der Waals surface area contributed by atoms with Crippen LogP contribution in [0.25, 0.3) is 10.1 Å². The minimum absolute atomic E-state index is 0.0249. The third-order valence-corrected chi connectivity index (χ3v) is 7.64. The number of nitrogens with zero attached hydrogens (tertiary/aromatic N) is 1. The molecule has 5 rings (SSSR count). The number of nitrogens with one attached hydrogen (secondary N) is 2. The topological polar surface area (TPSA) is 61.4 Å². The summed E-state index contributed by atoms with van der Waals surface area (Å²) >= 11 is 1.53. The Labute approximate surface area is 163 Å². The summed E-state index contributed by atoms with van der Waals surface area (Å²) in [5.74, 6) is 1.26. The average Bonchev–Trinajstić information content (AvgIpc) is 3.13. The molecule has 0 spiro atoms. The number of carbonyl (C=O) groups excluding carboxylic acids is 2. The first-order valence-electron chi connectivity index (χ1n) is 9.99. The first kappa shape index (κ1) is 17.2. The molecule has 27 heavy (non-hydrogen) atoms. The molecule has 1 aromatic carbocycles. The van der Waals surface area contributed by atoms with Crippen LogP contribution < -0.4 is 10.6 Å². The molecule has 4 heterocycles. The molecule has 2 aromatic rings. The number of amides is 2. The Bertz CT molecular complexity index is 846. The Hall–Kier alpha value is -1.92. The van der Waals surface area contributed by atoms with Gasteiger partial charge in [-0.05, 0) is 55.2 Å². The van der Waals surface area contributed by atoms with Crippen LogP contribution in [0.15, 0.2) is 30.3 Å². The van der Waals surface area contributed by atoms with Crippen LogP contribution in [-0.4, -0.2) is 48.4 Å². The van der Waals surface area contributed by atoms with Crippen LogP contribution in [0.5, 0.6) is 0 Å². The Morgan fingerprint density at radius 2 is 2.11 bits per heavy atom. The maximum atomic E-state index is 12.8. The maximum Gasteiger partial charge on any atom is 0.261 e. The van der Waals surface area contributed by atoms with Gasteiger partial charge in [0, 0.05) is 30.3 Å². The van der Waals surface area contributed by atoms with Crippen molar-refractivity contribution < 1.29 is 9.59 Å². The van der Waals surface area contributed by atoms with Gasteiger partial charge in [-0.2, -0.15) is 0 Å². The molecular weight excluding hydrogens is 358 g/mol. The summed E-state index contributed by atoms with van der Waals surface area (Å²) in [6.45, 7) is 2.51. The molecule has 3 aliphatic rings. The van der Waals surface area contributed by atoms with E-state index in [9.17, 15) is 9.59 Å². The number of hydrogen-bond acceptors (Lipinski definition) is 4. The van der Waals surface area contributed by atoms with E-state index in [4.69, 9.17) is 0 Å². The molecule has 3 aliphatic heterocycles. The third kappa shape index (κ3) is 3.05. The van der Waals surface area contributed by atoms with E-state index in [1.54, 1.807) is 0 Å². The number of rotatable bonds is 3. The van der Waals surface area contributed by atoms with Gasteiger partial charge in [-0.3, -0.25) is 9.59 Å². The van der Waals surface area contributed by atoms with Gasteiger partial charge in [0.15, 0.2) is 0 Å². The number of benzene rings is 1. The lowest BCUT2D eigenvalue weighted by molar-refractivity contribution is -0.148. The molecule has 2 N–H and O–H groups in total. The van der Waals surface area contributed by atoms with Crippen molar-refractivity contribution in [3.05, 3.63) is 35.2 Å². The van der Waals surface area contributed by atoms with Crippen molar-refractivity contribution in [1.82, 2.24) is 15.5 Å². The summed E-state index contributed by atoms with van der Waals surface area (Å²) in [5.41, 5.74) is 0. The van der Waals surface area contributed by atoms with E-state index in [0.717, 1.165) is 40.9 Å². The number of fused-ring (bicyclic) bond motifs is 5. The minimum Gasteiger partial charge on any atom is -0.349 e. The fourth-order valence-corrected chi connectivity index (χ4v) is 6.25. The SMILES string of the molecule is O=C(NC[C@H]1[C@@H]2CNC[C@@H](C2)[C@@H]2CCCC(=O)N21)c1cc2ccccc2s1. The van der Waals surface area contributed by atoms with Gasteiger partial charge in [-0.15, -0.1) is 11.3 Å². The van der Waals surface area contributed by atoms with Crippen LogP contribution in [0.4, 0.5) is 0 Å². The van der Waals surface area contributed by atoms with Gasteiger partial charge < -0.3 is 15.5 Å². The Morgan fingerprint density at radius 3 is 3.00 bits per heavy atom. The Kier molecular flexibility index (Phi) is 4.40. The Morgan fingerprint density at radius 1 is 1.26 bits per heavy atom. The van der Waals surface area contributed by atoms with E-state index >= 15 is 0 Å². The predicted octanol–water partition coefficient (Wildman–Crippen LogP) is 2.62. The fraction of sp³-hybridized carbons (Fsp3) is 0.524. The molecule has 3 saturated heterocycles. The highest BCUT2D eigenvalue weighted by molar-refractivity contribution is 7.20. The zero-order chi connectivity index (χ0) is 18.4. The summed E-state index contributed by atoms with van der Waals surface area (Å²) in [6, 6.07) is 10.5. The molecule has 1 aromatic heterocycles. The first-order chi connectivity index (χ1) is 13.2. The number of hydrogen-bond donors (Lipinski definition) is 2. The van der Waals surface area contributed by atoms with E-state index in [1.165, 1.54) is 17.8 Å². The third-order valence-electron chi connectivity index (χ3n) is 6.52.